The fraction of sp³-hybridized carbons (Fsp3) is 0.222. The van der Waals surface area contributed by atoms with E-state index >= 15 is 0 Å². The zero-order valence-corrected chi connectivity index (χ0v) is 20.8. The van der Waals surface area contributed by atoms with E-state index in [0.717, 1.165) is 25.8 Å². The summed E-state index contributed by atoms with van der Waals surface area (Å²) in [5.41, 5.74) is 2.56. The lowest BCUT2D eigenvalue weighted by atomic mass is 10.1. The Morgan fingerprint density at radius 3 is 2.36 bits per heavy atom. The van der Waals surface area contributed by atoms with E-state index < -0.39 is 9.96 Å². The molecule has 1 amide bonds. The van der Waals surface area contributed by atoms with Crippen LogP contribution in [0.5, 0.6) is 0 Å². The lowest BCUT2D eigenvalue weighted by Gasteiger charge is -2.28. The Balaban J connectivity index is 2.06. The van der Waals surface area contributed by atoms with Crippen molar-refractivity contribution >= 4 is 95.6 Å². The third-order valence-electron chi connectivity index (χ3n) is 3.61. The zero-order valence-electron chi connectivity index (χ0n) is 14.5. The molecule has 3 N–H and O–H groups in total. The van der Waals surface area contributed by atoms with Crippen LogP contribution in [0.3, 0.4) is 0 Å². The van der Waals surface area contributed by atoms with Gasteiger partial charge in [0.2, 0.25) is 9.70 Å². The highest BCUT2D eigenvalue weighted by Crippen LogP contribution is 2.31. The molecule has 2 rings (SSSR count). The second kappa shape index (κ2) is 10.5. The van der Waals surface area contributed by atoms with Crippen molar-refractivity contribution in [1.29, 1.82) is 0 Å². The van der Waals surface area contributed by atoms with Crippen LogP contribution in [-0.2, 0) is 11.2 Å². The molecule has 0 heterocycles. The molecule has 0 aliphatic rings. The number of halogens is 5. The van der Waals surface area contributed by atoms with Gasteiger partial charge in [0.15, 0.2) is 5.11 Å². The molecule has 0 radical (unpaired) electrons. The second-order valence-corrected chi connectivity index (χ2v) is 10.4. The van der Waals surface area contributed by atoms with Crippen molar-refractivity contribution in [2.75, 3.05) is 5.32 Å². The molecule has 0 saturated heterocycles. The third kappa shape index (κ3) is 7.35. The number of carbonyl (C=O) groups is 1. The summed E-state index contributed by atoms with van der Waals surface area (Å²) in [5.74, 6) is -0.307. The fourth-order valence-corrected chi connectivity index (χ4v) is 4.42. The maximum absolute atomic E-state index is 12.4. The Hall–Kier alpha value is -0.570. The van der Waals surface area contributed by atoms with Gasteiger partial charge in [-0.2, -0.15) is 0 Å². The highest BCUT2D eigenvalue weighted by Gasteiger charge is 2.34. The highest BCUT2D eigenvalue weighted by molar-refractivity contribution is 9.11. The highest BCUT2D eigenvalue weighted by atomic mass is 79.9. The van der Waals surface area contributed by atoms with E-state index in [9.17, 15) is 4.79 Å². The van der Waals surface area contributed by atoms with Crippen LogP contribution in [0.25, 0.3) is 0 Å². The molecule has 0 aromatic heterocycles. The first-order valence-corrected chi connectivity index (χ1v) is 11.1. The molecule has 150 valence electrons. The predicted molar refractivity (Wildman–Crippen MR) is 128 cm³/mol. The monoisotopic (exact) mass is 585 g/mol. The maximum Gasteiger partial charge on any atom is 0.228 e. The number of amides is 1. The van der Waals surface area contributed by atoms with Gasteiger partial charge in [0.1, 0.15) is 6.17 Å². The maximum atomic E-state index is 12.4. The van der Waals surface area contributed by atoms with Crippen molar-refractivity contribution in [3.05, 3.63) is 62.5 Å². The topological polar surface area (TPSA) is 53.2 Å². The summed E-state index contributed by atoms with van der Waals surface area (Å²) in [4.78, 5) is 12.4. The number of hydrogen-bond donors (Lipinski definition) is 3. The average Bonchev–Trinajstić information content (AvgIpc) is 2.57. The summed E-state index contributed by atoms with van der Waals surface area (Å²) in [6.45, 7) is 1.93. The molecular formula is C18H16Br2Cl3N3OS. The van der Waals surface area contributed by atoms with E-state index in [-0.39, 0.29) is 17.4 Å². The standard InChI is InChI=1S/C18H16Br2Cl3N3OS/c1-10-7-12(19)9-13(20)15(10)25-17(28)26-16(18(21,22)23)24-14(27)8-11-5-3-2-4-6-11/h2-7,9,16H,8H2,1H3,(H,24,27)(H2,25,26,28)/t16-/m1/s1. The van der Waals surface area contributed by atoms with E-state index in [1.54, 1.807) is 0 Å². The Morgan fingerprint density at radius 1 is 1.14 bits per heavy atom. The van der Waals surface area contributed by atoms with Crippen LogP contribution in [0.15, 0.2) is 51.4 Å². The van der Waals surface area contributed by atoms with E-state index in [0.29, 0.717) is 0 Å². The van der Waals surface area contributed by atoms with Crippen LogP contribution in [0.1, 0.15) is 11.1 Å². The van der Waals surface area contributed by atoms with Crippen molar-refractivity contribution < 1.29 is 4.79 Å². The van der Waals surface area contributed by atoms with Crippen molar-refractivity contribution in [3.63, 3.8) is 0 Å². The molecule has 1 atom stereocenters. The van der Waals surface area contributed by atoms with Crippen LogP contribution >= 0.6 is 78.9 Å². The van der Waals surface area contributed by atoms with Gasteiger partial charge in [-0.1, -0.05) is 81.1 Å². The molecule has 2 aromatic rings. The number of rotatable bonds is 5. The van der Waals surface area contributed by atoms with E-state index in [1.165, 1.54) is 0 Å². The number of carbonyl (C=O) groups excluding carboxylic acids is 1. The Bertz CT molecular complexity index is 840. The summed E-state index contributed by atoms with van der Waals surface area (Å²) in [6, 6.07) is 13.1. The van der Waals surface area contributed by atoms with Crippen LogP contribution in [-0.4, -0.2) is 21.0 Å². The number of nitrogens with one attached hydrogen (secondary N) is 3. The SMILES string of the molecule is Cc1cc(Br)cc(Br)c1NC(=S)N[C@@H](NC(=O)Cc1ccccc1)C(Cl)(Cl)Cl. The molecule has 2 aromatic carbocycles. The van der Waals surface area contributed by atoms with Gasteiger partial charge in [0, 0.05) is 8.95 Å². The van der Waals surface area contributed by atoms with E-state index in [2.05, 4.69) is 47.8 Å². The van der Waals surface area contributed by atoms with Gasteiger partial charge in [-0.05, 0) is 58.3 Å². The number of aryl methyl sites for hydroxylation is 1. The minimum absolute atomic E-state index is 0.150. The minimum atomic E-state index is -1.82. The van der Waals surface area contributed by atoms with Gasteiger partial charge in [-0.25, -0.2) is 0 Å². The molecule has 10 heteroatoms. The third-order valence-corrected chi connectivity index (χ3v) is 5.56. The number of thiocarbonyl (C=S) groups is 1. The Kier molecular flexibility index (Phi) is 8.85. The quantitative estimate of drug-likeness (QED) is 0.233. The number of alkyl halides is 3. The lowest BCUT2D eigenvalue weighted by molar-refractivity contribution is -0.121. The predicted octanol–water partition coefficient (Wildman–Crippen LogP) is 5.86. The molecule has 0 spiro atoms. The molecule has 0 bridgehead atoms. The summed E-state index contributed by atoms with van der Waals surface area (Å²) in [7, 11) is 0. The van der Waals surface area contributed by atoms with Crippen LogP contribution in [0.4, 0.5) is 5.69 Å². The first-order valence-electron chi connectivity index (χ1n) is 7.99. The largest absolute Gasteiger partial charge is 0.339 e. The lowest BCUT2D eigenvalue weighted by Crippen LogP contribution is -2.56. The van der Waals surface area contributed by atoms with Crippen molar-refractivity contribution in [1.82, 2.24) is 10.6 Å². The molecule has 0 aliphatic heterocycles. The molecule has 28 heavy (non-hydrogen) atoms. The second-order valence-electron chi connectivity index (χ2n) is 5.88. The summed E-state index contributed by atoms with van der Waals surface area (Å²) in [6.07, 6.45) is -0.875. The Morgan fingerprint density at radius 2 is 1.79 bits per heavy atom. The van der Waals surface area contributed by atoms with Gasteiger partial charge in [-0.3, -0.25) is 4.79 Å². The zero-order chi connectivity index (χ0) is 20.9. The van der Waals surface area contributed by atoms with Crippen LogP contribution in [0, 0.1) is 6.92 Å². The summed E-state index contributed by atoms with van der Waals surface area (Å²) in [5, 5.41) is 8.77. The molecular weight excluding hydrogens is 572 g/mol. The van der Waals surface area contributed by atoms with Crippen LogP contribution < -0.4 is 16.0 Å². The summed E-state index contributed by atoms with van der Waals surface area (Å²) >= 11 is 30.3. The number of benzene rings is 2. The molecule has 0 fully saturated rings. The first kappa shape index (κ1) is 23.7. The van der Waals surface area contributed by atoms with Crippen molar-refractivity contribution in [3.8, 4) is 0 Å². The molecule has 0 aliphatic carbocycles. The van der Waals surface area contributed by atoms with Gasteiger partial charge in [0.25, 0.3) is 0 Å². The molecule has 0 saturated carbocycles. The fourth-order valence-electron chi connectivity index (χ4n) is 2.33. The van der Waals surface area contributed by atoms with Gasteiger partial charge in [0.05, 0.1) is 12.1 Å². The van der Waals surface area contributed by atoms with Crippen LogP contribution in [0.2, 0.25) is 0 Å². The van der Waals surface area contributed by atoms with Crippen molar-refractivity contribution in [2.45, 2.75) is 23.3 Å². The Labute approximate surface area is 200 Å². The van der Waals surface area contributed by atoms with E-state index in [1.807, 2.05) is 49.4 Å². The smallest absolute Gasteiger partial charge is 0.228 e. The van der Waals surface area contributed by atoms with Crippen molar-refractivity contribution in [2.24, 2.45) is 0 Å². The minimum Gasteiger partial charge on any atom is -0.339 e. The van der Waals surface area contributed by atoms with Gasteiger partial charge < -0.3 is 16.0 Å². The van der Waals surface area contributed by atoms with Gasteiger partial charge in [-0.15, -0.1) is 0 Å². The molecule has 0 unspecified atom stereocenters. The van der Waals surface area contributed by atoms with Gasteiger partial charge >= 0.3 is 0 Å². The van der Waals surface area contributed by atoms with E-state index in [4.69, 9.17) is 47.0 Å². The number of anilines is 1. The number of hydrogen-bond acceptors (Lipinski definition) is 2. The average molecular weight is 589 g/mol. The molecule has 4 nitrogen and oxygen atoms in total. The first-order chi connectivity index (χ1) is 13.1. The normalized spacial score (nSPS) is 12.2. The summed E-state index contributed by atoms with van der Waals surface area (Å²) < 4.78 is -0.0833.